The molecule has 1 spiro atoms. The number of carbonyl (C=O) groups excluding carboxylic acids is 4. The summed E-state index contributed by atoms with van der Waals surface area (Å²) in [5.41, 5.74) is -0.676. The van der Waals surface area contributed by atoms with Gasteiger partial charge in [-0.2, -0.15) is 0 Å². The number of carbonyl (C=O) groups is 4. The Hall–Kier alpha value is -4.65. The Morgan fingerprint density at radius 1 is 1.09 bits per heavy atom. The predicted molar refractivity (Wildman–Crippen MR) is 156 cm³/mol. The molecule has 4 amide bonds. The number of fused-ring (bicyclic) bond motifs is 2. The first-order valence-electron chi connectivity index (χ1n) is 14.3. The van der Waals surface area contributed by atoms with Gasteiger partial charge < -0.3 is 34.5 Å². The second-order valence-corrected chi connectivity index (χ2v) is 10.9. The average Bonchev–Trinajstić information content (AvgIpc) is 3.31. The maximum absolute atomic E-state index is 14.0. The molecule has 3 aliphatic rings. The van der Waals surface area contributed by atoms with Crippen molar-refractivity contribution in [2.45, 2.75) is 30.9 Å². The van der Waals surface area contributed by atoms with E-state index in [0.29, 0.717) is 56.3 Å². The number of benzene rings is 2. The molecular weight excluding hydrogens is 575 g/mol. The van der Waals surface area contributed by atoms with Crippen molar-refractivity contribution in [3.63, 3.8) is 0 Å². The number of ketones is 1. The Morgan fingerprint density at radius 3 is 2.41 bits per heavy atom. The molecule has 3 N–H and O–H groups in total. The van der Waals surface area contributed by atoms with Crippen LogP contribution in [0, 0.1) is 11.7 Å². The molecule has 2 saturated heterocycles. The first kappa shape index (κ1) is 30.8. The number of imide groups is 1. The molecule has 0 unspecified atom stereocenters. The van der Waals surface area contributed by atoms with E-state index in [1.165, 1.54) is 33.5 Å². The summed E-state index contributed by atoms with van der Waals surface area (Å²) in [7, 11) is 4.60. The summed E-state index contributed by atoms with van der Waals surface area (Å²) in [4.78, 5) is 52.8. The molecule has 0 saturated carbocycles. The lowest BCUT2D eigenvalue weighted by molar-refractivity contribution is -0.133. The van der Waals surface area contributed by atoms with Crippen LogP contribution in [-0.2, 0) is 19.9 Å². The van der Waals surface area contributed by atoms with Gasteiger partial charge in [0, 0.05) is 31.0 Å². The van der Waals surface area contributed by atoms with Gasteiger partial charge in [-0.25, -0.2) is 9.18 Å². The Labute approximate surface area is 253 Å². The molecular formula is C31H35FN4O8. The van der Waals surface area contributed by atoms with E-state index in [-0.39, 0.29) is 29.4 Å². The second-order valence-electron chi connectivity index (χ2n) is 10.9. The average molecular weight is 611 g/mol. The Balaban J connectivity index is 1.11. The second kappa shape index (κ2) is 12.9. The minimum Gasteiger partial charge on any atom is -0.493 e. The van der Waals surface area contributed by atoms with E-state index in [0.717, 1.165) is 11.6 Å². The Kier molecular flexibility index (Phi) is 9.04. The molecule has 2 fully saturated rings. The van der Waals surface area contributed by atoms with Crippen LogP contribution in [-0.4, -0.2) is 82.1 Å². The summed E-state index contributed by atoms with van der Waals surface area (Å²) in [6.45, 7) is 2.27. The third-order valence-electron chi connectivity index (χ3n) is 8.24. The molecule has 3 aliphatic heterocycles. The summed E-state index contributed by atoms with van der Waals surface area (Å²) in [6.07, 6.45) is 3.44. The molecule has 0 bridgehead atoms. The highest BCUT2D eigenvalue weighted by Crippen LogP contribution is 2.42. The Morgan fingerprint density at radius 2 is 1.80 bits per heavy atom. The minimum absolute atomic E-state index is 0.0401. The number of hydrogen-bond donors (Lipinski definition) is 3. The molecule has 0 radical (unpaired) electrons. The van der Waals surface area contributed by atoms with Crippen LogP contribution in [0.2, 0.25) is 0 Å². The van der Waals surface area contributed by atoms with Crippen LogP contribution in [0.4, 0.5) is 9.18 Å². The molecule has 3 heterocycles. The van der Waals surface area contributed by atoms with Gasteiger partial charge in [0.1, 0.15) is 11.6 Å². The molecule has 13 heteroatoms. The molecule has 44 heavy (non-hydrogen) atoms. The fraction of sp³-hybridized carbons (Fsp3) is 0.419. The van der Waals surface area contributed by atoms with Crippen molar-refractivity contribution in [2.24, 2.45) is 5.92 Å². The van der Waals surface area contributed by atoms with Crippen molar-refractivity contribution in [2.75, 3.05) is 47.5 Å². The van der Waals surface area contributed by atoms with E-state index >= 15 is 0 Å². The summed E-state index contributed by atoms with van der Waals surface area (Å²) in [5, 5.41) is 7.58. The summed E-state index contributed by atoms with van der Waals surface area (Å²) >= 11 is 0. The van der Waals surface area contributed by atoms with Gasteiger partial charge in [-0.1, -0.05) is 6.08 Å². The van der Waals surface area contributed by atoms with E-state index in [1.807, 2.05) is 0 Å². The number of nitrogens with one attached hydrogen (secondary N) is 3. The van der Waals surface area contributed by atoms with Crippen molar-refractivity contribution in [1.82, 2.24) is 20.9 Å². The van der Waals surface area contributed by atoms with E-state index in [9.17, 15) is 23.6 Å². The lowest BCUT2D eigenvalue weighted by Gasteiger charge is -2.37. The van der Waals surface area contributed by atoms with Crippen LogP contribution < -0.4 is 34.9 Å². The number of nitrogens with zero attached hydrogens (tertiary/aromatic N) is 1. The van der Waals surface area contributed by atoms with E-state index in [2.05, 4.69) is 20.9 Å². The predicted octanol–water partition coefficient (Wildman–Crippen LogP) is 2.15. The molecule has 2 aromatic rings. The van der Waals surface area contributed by atoms with Gasteiger partial charge in [-0.05, 0) is 67.9 Å². The SMILES string of the molecule is COc1cc(C=CC(=O)C2CCN(CCNC(=O)[C@@H]3C[C@]4(NC(=O)NC4=O)c4cc(F)ccc4O3)CC2)cc(OC)c1OC. The lowest BCUT2D eigenvalue weighted by atomic mass is 9.81. The van der Waals surface area contributed by atoms with Crippen molar-refractivity contribution >= 4 is 29.7 Å². The summed E-state index contributed by atoms with van der Waals surface area (Å²) in [6, 6.07) is 6.47. The number of halogens is 1. The molecule has 0 aliphatic carbocycles. The van der Waals surface area contributed by atoms with Crippen LogP contribution in [0.25, 0.3) is 6.08 Å². The maximum Gasteiger partial charge on any atom is 0.322 e. The van der Waals surface area contributed by atoms with Gasteiger partial charge >= 0.3 is 6.03 Å². The van der Waals surface area contributed by atoms with E-state index < -0.39 is 35.3 Å². The standard InChI is InChI=1S/C31H35FN4O8/c1-41-24-14-18(15-25(42-2)27(24)43-3)4-6-22(37)19-8-11-36(12-9-19)13-10-33-28(38)26-17-31(29(39)34-30(40)35-31)21-16-20(32)5-7-23(21)44-26/h4-7,14-16,19,26H,8-13,17H2,1-3H3,(H,33,38)(H2,34,35,39,40)/t26-,31-/m0/s1. The molecule has 0 aromatic heterocycles. The number of ether oxygens (including phenoxy) is 4. The lowest BCUT2D eigenvalue weighted by Crippen LogP contribution is -2.54. The number of piperidine rings is 1. The largest absolute Gasteiger partial charge is 0.493 e. The summed E-state index contributed by atoms with van der Waals surface area (Å²) in [5.74, 6) is -0.128. The van der Waals surface area contributed by atoms with Gasteiger partial charge in [0.25, 0.3) is 11.8 Å². The number of methoxy groups -OCH3 is 3. The van der Waals surface area contributed by atoms with Crippen LogP contribution >= 0.6 is 0 Å². The molecule has 2 aromatic carbocycles. The highest BCUT2D eigenvalue weighted by molar-refractivity contribution is 6.08. The van der Waals surface area contributed by atoms with Crippen LogP contribution in [0.15, 0.2) is 36.4 Å². The quantitative estimate of drug-likeness (QED) is 0.272. The van der Waals surface area contributed by atoms with Gasteiger partial charge in [0.05, 0.1) is 21.3 Å². The fourth-order valence-electron chi connectivity index (χ4n) is 5.90. The van der Waals surface area contributed by atoms with E-state index in [1.54, 1.807) is 24.3 Å². The maximum atomic E-state index is 14.0. The Bertz CT molecular complexity index is 1460. The summed E-state index contributed by atoms with van der Waals surface area (Å²) < 4.78 is 35.9. The van der Waals surface area contributed by atoms with Gasteiger partial charge in [0.2, 0.25) is 5.75 Å². The monoisotopic (exact) mass is 610 g/mol. The highest BCUT2D eigenvalue weighted by Gasteiger charge is 2.54. The number of amides is 4. The third-order valence-corrected chi connectivity index (χ3v) is 8.24. The normalized spacial score (nSPS) is 21.8. The third kappa shape index (κ3) is 6.18. The number of urea groups is 1. The smallest absolute Gasteiger partial charge is 0.322 e. The zero-order valence-electron chi connectivity index (χ0n) is 24.7. The van der Waals surface area contributed by atoms with Crippen molar-refractivity contribution in [3.05, 3.63) is 53.4 Å². The fourth-order valence-corrected chi connectivity index (χ4v) is 5.90. The number of allylic oxidation sites excluding steroid dienone is 1. The zero-order chi connectivity index (χ0) is 31.4. The number of likely N-dealkylation sites (tertiary alicyclic amines) is 1. The minimum atomic E-state index is -1.59. The van der Waals surface area contributed by atoms with Crippen molar-refractivity contribution in [3.8, 4) is 23.0 Å². The topological polar surface area (TPSA) is 145 Å². The molecule has 234 valence electrons. The molecule has 5 rings (SSSR count). The van der Waals surface area contributed by atoms with Crippen molar-refractivity contribution in [1.29, 1.82) is 0 Å². The number of hydrogen-bond acceptors (Lipinski definition) is 9. The molecule has 2 atom stereocenters. The first-order valence-corrected chi connectivity index (χ1v) is 14.3. The van der Waals surface area contributed by atoms with Crippen LogP contribution in [0.1, 0.15) is 30.4 Å². The van der Waals surface area contributed by atoms with Crippen LogP contribution in [0.3, 0.4) is 0 Å². The zero-order valence-corrected chi connectivity index (χ0v) is 24.7. The highest BCUT2D eigenvalue weighted by atomic mass is 19.1. The van der Waals surface area contributed by atoms with Gasteiger partial charge in [0.15, 0.2) is 28.9 Å². The van der Waals surface area contributed by atoms with Crippen molar-refractivity contribution < 1.29 is 42.5 Å². The van der Waals surface area contributed by atoms with Gasteiger partial charge in [-0.3, -0.25) is 19.7 Å². The molecule has 12 nitrogen and oxygen atoms in total. The van der Waals surface area contributed by atoms with Gasteiger partial charge in [-0.15, -0.1) is 0 Å². The number of rotatable bonds is 10. The van der Waals surface area contributed by atoms with E-state index in [4.69, 9.17) is 18.9 Å². The first-order chi connectivity index (χ1) is 21.2. The van der Waals surface area contributed by atoms with Crippen LogP contribution in [0.5, 0.6) is 23.0 Å².